The van der Waals surface area contributed by atoms with Crippen LogP contribution in [0.25, 0.3) is 11.2 Å². The second-order valence-corrected chi connectivity index (χ2v) is 6.03. The van der Waals surface area contributed by atoms with Gasteiger partial charge < -0.3 is 31.4 Å². The maximum atomic E-state index is 12.8. The van der Waals surface area contributed by atoms with Gasteiger partial charge in [-0.1, -0.05) is 27.4 Å². The molecule has 0 saturated heterocycles. The maximum absolute atomic E-state index is 12.8. The molecule has 0 aliphatic rings. The van der Waals surface area contributed by atoms with E-state index in [2.05, 4.69) is 15.0 Å². The zero-order valence-corrected chi connectivity index (χ0v) is 16.3. The monoisotopic (exact) mass is 469 g/mol. The molecule has 2 atom stereocenters. The van der Waals surface area contributed by atoms with Crippen molar-refractivity contribution < 1.29 is 45.7 Å². The molecule has 32 heavy (non-hydrogen) atoms. The van der Waals surface area contributed by atoms with Crippen LogP contribution in [0.2, 0.25) is 0 Å². The summed E-state index contributed by atoms with van der Waals surface area (Å²) < 4.78 is 138. The normalized spacial score (nSPS) is 25.2. The third-order valence-electron chi connectivity index (χ3n) is 3.72. The molecule has 0 spiro atoms. The van der Waals surface area contributed by atoms with Crippen LogP contribution in [0, 0.1) is 11.8 Å². The van der Waals surface area contributed by atoms with E-state index >= 15 is 0 Å². The lowest BCUT2D eigenvalue weighted by molar-refractivity contribution is -0.160. The molecule has 0 aliphatic carbocycles. The molecule has 2 aromatic rings. The number of aromatic amines is 1. The standard InChI is InChI=1S/C19H31N7O6/c1-9(2)12(20)17(28)30-5-11(6-31-18(29)13(21)10(3)4)32-8-26-7-23-14-15(26)24-19(22)25-16(14)27/h7,9-13H,5-6,8,20-21H2,1-4H3,(H3,22,24,25,27)/t12-,13-/m0/s1/i1D3,2D3,3D3,4D3,9D,10D,12D,13D. The Labute approximate surface area is 207 Å². The van der Waals surface area contributed by atoms with Crippen molar-refractivity contribution in [3.63, 3.8) is 0 Å². The van der Waals surface area contributed by atoms with E-state index in [1.807, 2.05) is 0 Å². The van der Waals surface area contributed by atoms with Gasteiger partial charge in [-0.25, -0.2) is 4.98 Å². The van der Waals surface area contributed by atoms with Gasteiger partial charge in [-0.05, 0) is 11.8 Å². The van der Waals surface area contributed by atoms with Crippen LogP contribution in [-0.4, -0.2) is 62.8 Å². The number of nitrogens with two attached hydrogens (primary N) is 3. The van der Waals surface area contributed by atoms with Gasteiger partial charge in [0.15, 0.2) is 11.2 Å². The van der Waals surface area contributed by atoms with E-state index in [9.17, 15) is 14.4 Å². The molecule has 0 radical (unpaired) electrons. The van der Waals surface area contributed by atoms with Gasteiger partial charge >= 0.3 is 11.9 Å². The maximum Gasteiger partial charge on any atom is 0.323 e. The van der Waals surface area contributed by atoms with E-state index in [0.717, 1.165) is 10.9 Å². The fraction of sp³-hybridized carbons (Fsp3) is 0.632. The molecule has 0 aromatic carbocycles. The predicted octanol–water partition coefficient (Wildman–Crippen LogP) is -0.902. The summed E-state index contributed by atoms with van der Waals surface area (Å²) in [5.74, 6) is -12.4. The summed E-state index contributed by atoms with van der Waals surface area (Å²) in [5.41, 5.74) is 15.3. The number of rotatable bonds is 11. The van der Waals surface area contributed by atoms with Crippen LogP contribution in [0.1, 0.15) is 49.3 Å². The molecule has 0 saturated carbocycles. The van der Waals surface area contributed by atoms with Crippen molar-refractivity contribution in [2.24, 2.45) is 23.3 Å². The quantitative estimate of drug-likeness (QED) is 0.297. The van der Waals surface area contributed by atoms with Crippen LogP contribution in [0.3, 0.4) is 0 Å². The van der Waals surface area contributed by atoms with Gasteiger partial charge in [0.05, 0.1) is 9.07 Å². The Bertz CT molecular complexity index is 1470. The zero-order chi connectivity index (χ0) is 37.7. The molecule has 13 nitrogen and oxygen atoms in total. The van der Waals surface area contributed by atoms with E-state index in [1.165, 1.54) is 0 Å². The van der Waals surface area contributed by atoms with Gasteiger partial charge in [-0.2, -0.15) is 4.98 Å². The molecule has 0 aliphatic heterocycles. The third kappa shape index (κ3) is 6.48. The molecular formula is C19H31N7O6. The first-order valence-corrected chi connectivity index (χ1v) is 8.53. The van der Waals surface area contributed by atoms with Crippen LogP contribution < -0.4 is 22.8 Å². The van der Waals surface area contributed by atoms with Crippen molar-refractivity contribution in [3.8, 4) is 0 Å². The van der Waals surface area contributed by atoms with Crippen molar-refractivity contribution in [3.05, 3.63) is 16.7 Å². The Morgan fingerprint density at radius 1 is 1.16 bits per heavy atom. The lowest BCUT2D eigenvalue weighted by Crippen LogP contribution is -2.41. The fourth-order valence-electron chi connectivity index (χ4n) is 2.09. The second-order valence-electron chi connectivity index (χ2n) is 6.03. The van der Waals surface area contributed by atoms with Gasteiger partial charge in [0.1, 0.15) is 38.1 Å². The number of carbonyl (C=O) groups excluding carboxylic acids is 2. The molecule has 0 fully saturated rings. The Kier molecular flexibility index (Phi) is 3.69. The van der Waals surface area contributed by atoms with Crippen LogP contribution >= 0.6 is 0 Å². The number of H-pyrrole nitrogens is 1. The smallest absolute Gasteiger partial charge is 0.323 e. The van der Waals surface area contributed by atoms with Crippen LogP contribution in [0.15, 0.2) is 11.1 Å². The number of esters is 2. The molecule has 0 amide bonds. The molecule has 2 rings (SSSR count). The first-order valence-electron chi connectivity index (χ1n) is 16.5. The summed E-state index contributed by atoms with van der Waals surface area (Å²) in [7, 11) is 0. The topological polar surface area (TPSA) is 203 Å². The third-order valence-corrected chi connectivity index (χ3v) is 3.72. The Balaban J connectivity index is 2.44. The number of nitrogen functional groups attached to an aromatic ring is 1. The number of anilines is 1. The first kappa shape index (κ1) is 10.7. The largest absolute Gasteiger partial charge is 0.462 e. The van der Waals surface area contributed by atoms with Gasteiger partial charge in [-0.15, -0.1) is 0 Å². The number of fused-ring (bicyclic) bond motifs is 1. The number of hydrogen-bond acceptors (Lipinski definition) is 11. The number of aromatic nitrogens is 4. The summed E-state index contributed by atoms with van der Waals surface area (Å²) in [6.07, 6.45) is -0.782. The minimum Gasteiger partial charge on any atom is -0.462 e. The van der Waals surface area contributed by atoms with E-state index in [1.54, 1.807) is 0 Å². The highest BCUT2D eigenvalue weighted by Gasteiger charge is 2.24. The van der Waals surface area contributed by atoms with Crippen molar-refractivity contribution in [2.45, 2.75) is 52.3 Å². The highest BCUT2D eigenvalue weighted by molar-refractivity contribution is 5.76. The van der Waals surface area contributed by atoms with E-state index in [-0.39, 0.29) is 17.1 Å². The molecule has 7 N–H and O–H groups in total. The molecular weight excluding hydrogens is 422 g/mol. The summed E-state index contributed by atoms with van der Waals surface area (Å²) in [6.45, 7) is -18.5. The van der Waals surface area contributed by atoms with Gasteiger partial charge in [-0.3, -0.25) is 23.9 Å². The number of hydrogen-bond donors (Lipinski definition) is 4. The van der Waals surface area contributed by atoms with Gasteiger partial charge in [0.2, 0.25) is 5.95 Å². The predicted molar refractivity (Wildman–Crippen MR) is 115 cm³/mol. The van der Waals surface area contributed by atoms with Crippen LogP contribution in [0.4, 0.5) is 5.95 Å². The number of imidazole rings is 1. The molecule has 13 heteroatoms. The van der Waals surface area contributed by atoms with E-state index in [4.69, 9.17) is 53.3 Å². The Hall–Kier alpha value is -3.03. The van der Waals surface area contributed by atoms with E-state index in [0.29, 0.717) is 0 Å². The molecule has 2 aromatic heterocycles. The minimum atomic E-state index is -3.95. The number of ether oxygens (including phenoxy) is 3. The molecule has 0 unspecified atom stereocenters. The first-order chi connectivity index (χ1) is 21.3. The summed E-state index contributed by atoms with van der Waals surface area (Å²) >= 11 is 0. The zero-order valence-electron chi connectivity index (χ0n) is 32.3. The summed E-state index contributed by atoms with van der Waals surface area (Å²) in [5, 5.41) is 0. The lowest BCUT2D eigenvalue weighted by atomic mass is 10.1. The number of nitrogens with one attached hydrogen (secondary N) is 1. The highest BCUT2D eigenvalue weighted by Crippen LogP contribution is 2.09. The van der Waals surface area contributed by atoms with Crippen molar-refractivity contribution in [2.75, 3.05) is 18.9 Å². The average molecular weight is 470 g/mol. The Morgan fingerprint density at radius 2 is 1.72 bits per heavy atom. The second kappa shape index (κ2) is 11.0. The minimum absolute atomic E-state index is 0.160. The summed E-state index contributed by atoms with van der Waals surface area (Å²) in [4.78, 5) is 47.6. The SMILES string of the molecule is [2H]C([2H])([2H])C([2H])(C([2H])([2H])[2H])[C@]([2H])(N)C(=O)OCC(COC(=O)[C@@]([2H])(N)C([2H])(C([2H])([2H])[2H])C([2H])([2H])[2H])OCn1cnc2c(=O)[nH]c(N)nc21. The van der Waals surface area contributed by atoms with Crippen molar-refractivity contribution in [1.29, 1.82) is 0 Å². The lowest BCUT2D eigenvalue weighted by Gasteiger charge is -2.22. The molecule has 0 bridgehead atoms. The van der Waals surface area contributed by atoms with Crippen molar-refractivity contribution in [1.82, 2.24) is 19.5 Å². The number of carbonyl (C=O) groups is 2. The van der Waals surface area contributed by atoms with Crippen LogP contribution in [-0.2, 0) is 30.5 Å². The van der Waals surface area contributed by atoms with Crippen molar-refractivity contribution >= 4 is 29.1 Å². The van der Waals surface area contributed by atoms with Crippen LogP contribution in [0.5, 0.6) is 0 Å². The van der Waals surface area contributed by atoms with Gasteiger partial charge in [0.25, 0.3) is 5.56 Å². The summed E-state index contributed by atoms with van der Waals surface area (Å²) in [6, 6.07) is -7.60. The highest BCUT2D eigenvalue weighted by atomic mass is 16.6. The Morgan fingerprint density at radius 3 is 2.25 bits per heavy atom. The van der Waals surface area contributed by atoms with E-state index < -0.39 is 94.8 Å². The fourth-order valence-corrected chi connectivity index (χ4v) is 2.09. The molecule has 2 heterocycles. The number of nitrogens with zero attached hydrogens (tertiary/aromatic N) is 3. The average Bonchev–Trinajstić information content (AvgIpc) is 3.31. The van der Waals surface area contributed by atoms with Gasteiger partial charge in [0, 0.05) is 19.2 Å². The molecule has 178 valence electrons.